The minimum atomic E-state index is -0.471. The number of ether oxygens (including phenoxy) is 1. The van der Waals surface area contributed by atoms with Crippen molar-refractivity contribution in [2.75, 3.05) is 19.7 Å². The van der Waals surface area contributed by atoms with Crippen LogP contribution < -0.4 is 5.56 Å². The molecule has 2 atom stereocenters. The zero-order valence-corrected chi connectivity index (χ0v) is 18.5. The molecule has 0 spiro atoms. The van der Waals surface area contributed by atoms with Gasteiger partial charge in [0, 0.05) is 24.5 Å². The van der Waals surface area contributed by atoms with Crippen molar-refractivity contribution in [1.82, 2.24) is 14.5 Å². The first-order valence-electron chi connectivity index (χ1n) is 10.9. The smallest absolute Gasteiger partial charge is 0.308 e. The van der Waals surface area contributed by atoms with Crippen LogP contribution in [0.3, 0.4) is 0 Å². The maximum atomic E-state index is 12.9. The van der Waals surface area contributed by atoms with Crippen molar-refractivity contribution in [2.24, 2.45) is 11.8 Å². The average Bonchev–Trinajstić information content (AvgIpc) is 3.10. The van der Waals surface area contributed by atoms with E-state index in [-0.39, 0.29) is 31.0 Å². The van der Waals surface area contributed by atoms with Crippen LogP contribution >= 0.6 is 11.3 Å². The Morgan fingerprint density at radius 2 is 1.93 bits per heavy atom. The van der Waals surface area contributed by atoms with Gasteiger partial charge < -0.3 is 9.64 Å². The number of carbonyl (C=O) groups excluding carboxylic acids is 2. The molecule has 2 aromatic rings. The van der Waals surface area contributed by atoms with Crippen LogP contribution in [0.25, 0.3) is 10.2 Å². The maximum Gasteiger partial charge on any atom is 0.308 e. The van der Waals surface area contributed by atoms with Crippen molar-refractivity contribution in [1.29, 1.82) is 0 Å². The molecule has 4 rings (SSSR count). The van der Waals surface area contributed by atoms with Crippen LogP contribution in [0.4, 0.5) is 0 Å². The van der Waals surface area contributed by atoms with E-state index in [4.69, 9.17) is 4.74 Å². The van der Waals surface area contributed by atoms with Crippen molar-refractivity contribution >= 4 is 33.4 Å². The van der Waals surface area contributed by atoms with Gasteiger partial charge in [0.1, 0.15) is 4.83 Å². The van der Waals surface area contributed by atoms with E-state index in [9.17, 15) is 14.4 Å². The number of carbonyl (C=O) groups is 2. The first kappa shape index (κ1) is 21.0. The largest absolute Gasteiger partial charge is 0.456 e. The summed E-state index contributed by atoms with van der Waals surface area (Å²) in [5, 5.41) is 0.717. The van der Waals surface area contributed by atoms with Crippen LogP contribution in [0.2, 0.25) is 0 Å². The number of aryl methyl sites for hydroxylation is 3. The summed E-state index contributed by atoms with van der Waals surface area (Å²) >= 11 is 1.61. The summed E-state index contributed by atoms with van der Waals surface area (Å²) in [6, 6.07) is 0. The molecule has 2 aliphatic rings. The highest BCUT2D eigenvalue weighted by Crippen LogP contribution is 2.33. The molecule has 0 radical (unpaired) electrons. The van der Waals surface area contributed by atoms with Gasteiger partial charge in [-0.2, -0.15) is 0 Å². The highest BCUT2D eigenvalue weighted by molar-refractivity contribution is 7.18. The molecule has 162 valence electrons. The summed E-state index contributed by atoms with van der Waals surface area (Å²) < 4.78 is 6.68. The Kier molecular flexibility index (Phi) is 6.22. The number of piperidine rings is 1. The molecule has 8 heteroatoms. The van der Waals surface area contributed by atoms with E-state index >= 15 is 0 Å². The van der Waals surface area contributed by atoms with Crippen molar-refractivity contribution in [2.45, 2.75) is 58.9 Å². The van der Waals surface area contributed by atoms with Gasteiger partial charge in [-0.3, -0.25) is 19.0 Å². The number of likely N-dealkylation sites (tertiary alicyclic amines) is 1. The summed E-state index contributed by atoms with van der Waals surface area (Å²) in [4.78, 5) is 45.7. The number of aromatic nitrogens is 2. The predicted octanol–water partition coefficient (Wildman–Crippen LogP) is 2.77. The topological polar surface area (TPSA) is 81.5 Å². The van der Waals surface area contributed by atoms with E-state index < -0.39 is 5.97 Å². The number of rotatable bonds is 5. The minimum Gasteiger partial charge on any atom is -0.456 e. The van der Waals surface area contributed by atoms with E-state index in [1.807, 2.05) is 0 Å². The fourth-order valence-corrected chi connectivity index (χ4v) is 5.94. The molecule has 0 saturated carbocycles. The van der Waals surface area contributed by atoms with Crippen LogP contribution in [0.15, 0.2) is 11.1 Å². The lowest BCUT2D eigenvalue weighted by Crippen LogP contribution is -2.44. The van der Waals surface area contributed by atoms with Gasteiger partial charge in [-0.15, -0.1) is 11.3 Å². The molecule has 1 amide bonds. The zero-order valence-electron chi connectivity index (χ0n) is 17.7. The average molecular weight is 432 g/mol. The third kappa shape index (κ3) is 4.43. The van der Waals surface area contributed by atoms with E-state index in [1.54, 1.807) is 16.2 Å². The Morgan fingerprint density at radius 3 is 2.70 bits per heavy atom. The number of hydrogen-bond acceptors (Lipinski definition) is 6. The lowest BCUT2D eigenvalue weighted by molar-refractivity contribution is -0.153. The van der Waals surface area contributed by atoms with Gasteiger partial charge in [-0.25, -0.2) is 4.98 Å². The fraction of sp³-hybridized carbons (Fsp3) is 0.636. The second kappa shape index (κ2) is 8.88. The fourth-order valence-electron chi connectivity index (χ4n) is 4.72. The Labute approximate surface area is 180 Å². The molecule has 1 saturated heterocycles. The number of thiophene rings is 1. The van der Waals surface area contributed by atoms with Crippen molar-refractivity contribution < 1.29 is 14.3 Å². The lowest BCUT2D eigenvalue weighted by Gasteiger charge is -2.34. The van der Waals surface area contributed by atoms with Crippen molar-refractivity contribution in [3.05, 3.63) is 27.1 Å². The quantitative estimate of drug-likeness (QED) is 0.680. The van der Waals surface area contributed by atoms with Gasteiger partial charge in [0.25, 0.3) is 11.5 Å². The van der Waals surface area contributed by atoms with Crippen LogP contribution in [-0.4, -0.2) is 46.0 Å². The molecule has 0 N–H and O–H groups in total. The molecule has 30 heavy (non-hydrogen) atoms. The lowest BCUT2D eigenvalue weighted by atomic mass is 9.92. The number of fused-ring (bicyclic) bond motifs is 3. The minimum absolute atomic E-state index is 0.0412. The molecule has 1 aliphatic carbocycles. The van der Waals surface area contributed by atoms with Gasteiger partial charge in [0.15, 0.2) is 6.61 Å². The molecule has 3 heterocycles. The second-order valence-electron chi connectivity index (χ2n) is 8.79. The molecule has 1 aliphatic heterocycles. The first-order valence-corrected chi connectivity index (χ1v) is 11.7. The summed E-state index contributed by atoms with van der Waals surface area (Å²) in [6.45, 7) is 5.67. The number of nitrogens with zero attached hydrogens (tertiary/aromatic N) is 3. The Balaban J connectivity index is 1.34. The van der Waals surface area contributed by atoms with E-state index in [0.29, 0.717) is 30.3 Å². The standard InChI is InChI=1S/C22H29N3O4S/c1-14-9-15(2)11-25(10-14)18(26)12-29-19(27)7-8-24-13-23-21-20(22(24)28)16-5-3-4-6-17(16)30-21/h13-15H,3-12H2,1-2H3. The molecular formula is C22H29N3O4S. The van der Waals surface area contributed by atoms with Gasteiger partial charge in [0.2, 0.25) is 0 Å². The van der Waals surface area contributed by atoms with E-state index in [2.05, 4.69) is 18.8 Å². The molecule has 7 nitrogen and oxygen atoms in total. The van der Waals surface area contributed by atoms with Crippen LogP contribution in [0.1, 0.15) is 50.0 Å². The summed E-state index contributed by atoms with van der Waals surface area (Å²) in [5.41, 5.74) is 1.06. The molecule has 0 bridgehead atoms. The van der Waals surface area contributed by atoms with Crippen LogP contribution in [-0.2, 0) is 33.7 Å². The molecule has 1 fully saturated rings. The molecule has 2 aromatic heterocycles. The summed E-state index contributed by atoms with van der Waals surface area (Å²) in [6.07, 6.45) is 6.87. The van der Waals surface area contributed by atoms with E-state index in [1.165, 1.54) is 15.8 Å². The van der Waals surface area contributed by atoms with Crippen molar-refractivity contribution in [3.63, 3.8) is 0 Å². The van der Waals surface area contributed by atoms with Gasteiger partial charge >= 0.3 is 5.97 Å². The highest BCUT2D eigenvalue weighted by atomic mass is 32.1. The Bertz CT molecular complexity index is 1000. The molecule has 2 unspecified atom stereocenters. The summed E-state index contributed by atoms with van der Waals surface area (Å²) in [7, 11) is 0. The van der Waals surface area contributed by atoms with Crippen LogP contribution in [0, 0.1) is 11.8 Å². The maximum absolute atomic E-state index is 12.9. The predicted molar refractivity (Wildman–Crippen MR) is 116 cm³/mol. The SMILES string of the molecule is CC1CC(C)CN(C(=O)COC(=O)CCn2cnc3sc4c(c3c2=O)CCCC4)C1. The van der Waals surface area contributed by atoms with Gasteiger partial charge in [0.05, 0.1) is 18.1 Å². The van der Waals surface area contributed by atoms with Gasteiger partial charge in [-0.05, 0) is 49.5 Å². The van der Waals surface area contributed by atoms with Crippen molar-refractivity contribution in [3.8, 4) is 0 Å². The highest BCUT2D eigenvalue weighted by Gasteiger charge is 2.26. The number of hydrogen-bond donors (Lipinski definition) is 0. The van der Waals surface area contributed by atoms with E-state index in [0.717, 1.165) is 42.5 Å². The third-order valence-electron chi connectivity index (χ3n) is 6.08. The first-order chi connectivity index (χ1) is 14.4. The normalized spacial score (nSPS) is 21.5. The Hall–Kier alpha value is -2.22. The number of amides is 1. The zero-order chi connectivity index (χ0) is 21.3. The number of esters is 1. The third-order valence-corrected chi connectivity index (χ3v) is 7.28. The molecular weight excluding hydrogens is 402 g/mol. The summed E-state index contributed by atoms with van der Waals surface area (Å²) in [5.74, 6) is 0.309. The molecule has 0 aromatic carbocycles. The monoisotopic (exact) mass is 431 g/mol. The van der Waals surface area contributed by atoms with Gasteiger partial charge in [-0.1, -0.05) is 13.8 Å². The second-order valence-corrected chi connectivity index (χ2v) is 9.87. The van der Waals surface area contributed by atoms with Crippen LogP contribution in [0.5, 0.6) is 0 Å². The Morgan fingerprint density at radius 1 is 1.20 bits per heavy atom.